The predicted octanol–water partition coefficient (Wildman–Crippen LogP) is 1.31. The van der Waals surface area contributed by atoms with Crippen LogP contribution in [-0.2, 0) is 20.2 Å². The van der Waals surface area contributed by atoms with Crippen molar-refractivity contribution in [3.05, 3.63) is 103 Å². The summed E-state index contributed by atoms with van der Waals surface area (Å²) in [6.07, 6.45) is 0. The van der Waals surface area contributed by atoms with Crippen LogP contribution < -0.4 is 87.2 Å². The molecule has 9 N–H and O–H groups in total. The van der Waals surface area contributed by atoms with E-state index in [9.17, 15) is 31.0 Å². The first-order valence-electron chi connectivity index (χ1n) is 15.1. The molecule has 21 heteroatoms. The van der Waals surface area contributed by atoms with E-state index in [1.54, 1.807) is 54.6 Å². The summed E-state index contributed by atoms with van der Waals surface area (Å²) in [6, 6.07) is 25.3. The molecule has 0 saturated heterocycles. The first-order valence-corrected chi connectivity index (χ1v) is 17.9. The largest absolute Gasteiger partial charge is 1.00 e. The normalized spacial score (nSPS) is 12.0. The minimum atomic E-state index is -5.23. The Morgan fingerprint density at radius 1 is 0.527 bits per heavy atom. The van der Waals surface area contributed by atoms with Crippen molar-refractivity contribution in [2.24, 2.45) is 30.7 Å². The van der Waals surface area contributed by atoms with Gasteiger partial charge in [0, 0.05) is 11.4 Å². The van der Waals surface area contributed by atoms with E-state index in [2.05, 4.69) is 30.7 Å². The zero-order chi connectivity index (χ0) is 38.1. The Morgan fingerprint density at radius 3 is 1.42 bits per heavy atom. The number of hydrogen-bond donors (Lipinski definition) is 5. The van der Waals surface area contributed by atoms with E-state index in [0.29, 0.717) is 28.4 Å². The van der Waals surface area contributed by atoms with Crippen molar-refractivity contribution >= 4 is 87.9 Å². The summed E-state index contributed by atoms with van der Waals surface area (Å²) in [5.74, 6) is -1.06. The van der Waals surface area contributed by atoms with Crippen molar-refractivity contribution in [3.63, 3.8) is 0 Å². The summed E-state index contributed by atoms with van der Waals surface area (Å²) < 4.78 is 71.1. The summed E-state index contributed by atoms with van der Waals surface area (Å²) in [6.45, 7) is 0. The molecule has 0 aliphatic rings. The third-order valence-corrected chi connectivity index (χ3v) is 9.37. The number of azo groups is 3. The van der Waals surface area contributed by atoms with Gasteiger partial charge in [-0.25, -0.2) is 8.42 Å². The third kappa shape index (κ3) is 10.1. The Labute approximate surface area is 358 Å². The molecule has 268 valence electrons. The maximum atomic E-state index is 13.6. The molecular weight excluding hydrogens is 771 g/mol. The van der Waals surface area contributed by atoms with Crippen LogP contribution in [0.3, 0.4) is 0 Å². The number of rotatable bonds is 9. The number of fused-ring (bicyclic) bond motifs is 1. The molecule has 0 aliphatic heterocycles. The molecule has 0 radical (unpaired) electrons. The SMILES string of the molecule is Nc1ccc(N=Nc2ccc(-c3ccc(N=Nc4c(S(=O)(=O)O)cc5cc(S(=O)(=O)[O-])c(N=Nc6ccc(N)cc6N)cc5c4[O-])cc3)cc2)c(N)c1.[Na+].[Na+]. The van der Waals surface area contributed by atoms with Gasteiger partial charge in [-0.1, -0.05) is 30.0 Å². The first-order chi connectivity index (χ1) is 25.1. The molecule has 0 heterocycles. The first kappa shape index (κ1) is 42.9. The van der Waals surface area contributed by atoms with Gasteiger partial charge < -0.3 is 32.6 Å². The van der Waals surface area contributed by atoms with Crippen LogP contribution >= 0.6 is 0 Å². The van der Waals surface area contributed by atoms with Gasteiger partial charge in [-0.3, -0.25) is 4.55 Å². The summed E-state index contributed by atoms with van der Waals surface area (Å²) >= 11 is 0. The fourth-order valence-corrected chi connectivity index (χ4v) is 6.30. The van der Waals surface area contributed by atoms with Crippen LogP contribution in [0.5, 0.6) is 5.75 Å². The molecule has 17 nitrogen and oxygen atoms in total. The van der Waals surface area contributed by atoms with E-state index in [4.69, 9.17) is 22.9 Å². The minimum absolute atomic E-state index is 0. The van der Waals surface area contributed by atoms with Gasteiger partial charge in [-0.2, -0.15) is 18.6 Å². The molecule has 0 spiro atoms. The number of nitrogens with two attached hydrogens (primary N) is 4. The van der Waals surface area contributed by atoms with Crippen LogP contribution in [-0.4, -0.2) is 25.9 Å². The van der Waals surface area contributed by atoms with E-state index in [0.717, 1.165) is 29.3 Å². The van der Waals surface area contributed by atoms with Crippen molar-refractivity contribution in [1.29, 1.82) is 0 Å². The van der Waals surface area contributed by atoms with E-state index in [-0.39, 0.29) is 86.9 Å². The zero-order valence-corrected chi connectivity index (χ0v) is 34.7. The Balaban J connectivity index is 0.00000336. The Kier molecular flexibility index (Phi) is 13.5. The predicted molar refractivity (Wildman–Crippen MR) is 196 cm³/mol. The maximum Gasteiger partial charge on any atom is 1.00 e. The Hall–Kier alpha value is -4.80. The Bertz CT molecular complexity index is 2730. The van der Waals surface area contributed by atoms with Gasteiger partial charge in [0.2, 0.25) is 0 Å². The fraction of sp³-hybridized carbons (Fsp3) is 0. The summed E-state index contributed by atoms with van der Waals surface area (Å²) in [7, 11) is -10.3. The number of nitrogens with zero attached hydrogens (tertiary/aromatic N) is 6. The second-order valence-corrected chi connectivity index (χ2v) is 14.1. The molecule has 0 atom stereocenters. The third-order valence-electron chi connectivity index (χ3n) is 7.63. The topological polar surface area (TPSA) is 313 Å². The monoisotopic (exact) mass is 796 g/mol. The van der Waals surface area contributed by atoms with E-state index >= 15 is 0 Å². The van der Waals surface area contributed by atoms with Gasteiger partial charge in [0.1, 0.15) is 32.1 Å². The number of anilines is 4. The molecule has 0 unspecified atom stereocenters. The fourth-order valence-electron chi connectivity index (χ4n) is 5.02. The molecule has 0 fully saturated rings. The van der Waals surface area contributed by atoms with Crippen molar-refractivity contribution in [2.45, 2.75) is 9.79 Å². The summed E-state index contributed by atoms with van der Waals surface area (Å²) in [5, 5.41) is 36.9. The van der Waals surface area contributed by atoms with Gasteiger partial charge >= 0.3 is 59.1 Å². The van der Waals surface area contributed by atoms with E-state index in [1.165, 1.54) is 18.2 Å². The second kappa shape index (κ2) is 17.3. The van der Waals surface area contributed by atoms with Crippen molar-refractivity contribution < 1.29 is 90.2 Å². The average molecular weight is 797 g/mol. The quantitative estimate of drug-likeness (QED) is 0.0601. The molecule has 0 saturated carbocycles. The van der Waals surface area contributed by atoms with Gasteiger partial charge in [-0.05, 0) is 101 Å². The minimum Gasteiger partial charge on any atom is -0.871 e. The molecule has 0 amide bonds. The molecule has 55 heavy (non-hydrogen) atoms. The van der Waals surface area contributed by atoms with Gasteiger partial charge in [0.15, 0.2) is 0 Å². The van der Waals surface area contributed by atoms with Gasteiger partial charge in [0.25, 0.3) is 10.1 Å². The van der Waals surface area contributed by atoms with Crippen LogP contribution in [0.25, 0.3) is 21.9 Å². The van der Waals surface area contributed by atoms with Crippen LogP contribution in [0.4, 0.5) is 56.9 Å². The maximum absolute atomic E-state index is 13.6. The standard InChI is InChI=1S/C34H28N10O7S2.2Na/c35-21-5-11-28(26(37)15-21)41-39-23-7-1-18(2-8-23)19-3-9-24(10-4-19)40-44-33-32(53(49,50)51)14-20-13-31(52(46,47)48)30(17-25(20)34(33)45)43-42-29-12-6-22(36)16-27(29)38;;/h1-17,45H,35-38H2,(H,46,47,48)(H,49,50,51);;/q;2*+1/p-2. The molecule has 0 aromatic heterocycles. The smallest absolute Gasteiger partial charge is 0.871 e. The molecule has 6 aromatic carbocycles. The number of nitrogen functional groups attached to an aromatic ring is 4. The van der Waals surface area contributed by atoms with Gasteiger partial charge in [0.05, 0.1) is 33.3 Å². The molecular formula is C34H26N10Na2O7S2. The van der Waals surface area contributed by atoms with E-state index in [1.807, 2.05) is 12.1 Å². The summed E-state index contributed by atoms with van der Waals surface area (Å²) in [4.78, 5) is -1.88. The molecule has 6 rings (SSSR count). The number of benzene rings is 6. The van der Waals surface area contributed by atoms with Crippen LogP contribution in [0.2, 0.25) is 0 Å². The van der Waals surface area contributed by atoms with Crippen LogP contribution in [0, 0.1) is 0 Å². The Morgan fingerprint density at radius 2 is 0.964 bits per heavy atom. The van der Waals surface area contributed by atoms with Crippen molar-refractivity contribution in [3.8, 4) is 16.9 Å². The van der Waals surface area contributed by atoms with Crippen molar-refractivity contribution in [1.82, 2.24) is 0 Å². The number of hydrogen-bond acceptors (Lipinski definition) is 16. The van der Waals surface area contributed by atoms with Gasteiger partial charge in [-0.15, -0.1) is 20.5 Å². The second-order valence-electron chi connectivity index (χ2n) is 11.4. The van der Waals surface area contributed by atoms with E-state index < -0.39 is 47.2 Å². The van der Waals surface area contributed by atoms with Crippen LogP contribution in [0.15, 0.2) is 144 Å². The molecule has 0 aliphatic carbocycles. The van der Waals surface area contributed by atoms with Crippen LogP contribution in [0.1, 0.15) is 0 Å². The molecule has 0 bridgehead atoms. The zero-order valence-electron chi connectivity index (χ0n) is 29.0. The summed E-state index contributed by atoms with van der Waals surface area (Å²) in [5.41, 5.74) is 26.1. The average Bonchev–Trinajstić information content (AvgIpc) is 3.10. The molecule has 6 aromatic rings. The van der Waals surface area contributed by atoms with Crippen molar-refractivity contribution in [2.75, 3.05) is 22.9 Å².